The number of nitrogens with zero attached hydrogens (tertiary/aromatic N) is 4. The molecule has 0 saturated heterocycles. The molecule has 0 atom stereocenters. The zero-order chi connectivity index (χ0) is 23.1. The topological polar surface area (TPSA) is 84.1 Å². The van der Waals surface area contributed by atoms with Crippen molar-refractivity contribution >= 4 is 34.4 Å². The van der Waals surface area contributed by atoms with Crippen molar-refractivity contribution in [1.29, 1.82) is 0 Å². The standard InChI is InChI=1S/C27H19BN4O2/c33-28(34)20-15-16-24-22(17-20)21-13-7-8-14-23(21)32(24)27-30-25(18-9-3-1-4-10-18)29-26(31-27)19-11-5-2-6-12-19/h1-17,33-34H. The summed E-state index contributed by atoms with van der Waals surface area (Å²) in [7, 11) is -1.54. The molecule has 6 nitrogen and oxygen atoms in total. The van der Waals surface area contributed by atoms with Crippen molar-refractivity contribution < 1.29 is 10.0 Å². The minimum absolute atomic E-state index is 0.431. The summed E-state index contributed by atoms with van der Waals surface area (Å²) in [5, 5.41) is 21.3. The summed E-state index contributed by atoms with van der Waals surface area (Å²) in [4.78, 5) is 14.5. The van der Waals surface area contributed by atoms with E-state index < -0.39 is 7.12 Å². The number of aromatic nitrogens is 4. The molecule has 0 fully saturated rings. The summed E-state index contributed by atoms with van der Waals surface area (Å²) in [6.45, 7) is 0. The van der Waals surface area contributed by atoms with Crippen molar-refractivity contribution in [3.8, 4) is 28.7 Å². The lowest BCUT2D eigenvalue weighted by Crippen LogP contribution is -2.29. The van der Waals surface area contributed by atoms with Crippen LogP contribution in [0.5, 0.6) is 0 Å². The molecule has 4 aromatic carbocycles. The average Bonchev–Trinajstić information content (AvgIpc) is 3.23. The van der Waals surface area contributed by atoms with Gasteiger partial charge in [-0.2, -0.15) is 9.97 Å². The Morgan fingerprint density at radius 3 is 1.74 bits per heavy atom. The predicted octanol–water partition coefficient (Wildman–Crippen LogP) is 3.98. The van der Waals surface area contributed by atoms with Crippen LogP contribution in [0.15, 0.2) is 103 Å². The van der Waals surface area contributed by atoms with Crippen molar-refractivity contribution in [3.05, 3.63) is 103 Å². The van der Waals surface area contributed by atoms with Crippen LogP contribution in [0.3, 0.4) is 0 Å². The Kier molecular flexibility index (Phi) is 4.91. The van der Waals surface area contributed by atoms with Gasteiger partial charge in [0.25, 0.3) is 0 Å². The highest BCUT2D eigenvalue weighted by atomic mass is 16.4. The van der Waals surface area contributed by atoms with Crippen LogP contribution < -0.4 is 5.46 Å². The van der Waals surface area contributed by atoms with Gasteiger partial charge in [-0.15, -0.1) is 0 Å². The van der Waals surface area contributed by atoms with Crippen molar-refractivity contribution in [2.75, 3.05) is 0 Å². The molecular formula is C27H19BN4O2. The third-order valence-corrected chi connectivity index (χ3v) is 5.88. The molecule has 0 aliphatic heterocycles. The molecule has 2 N–H and O–H groups in total. The van der Waals surface area contributed by atoms with Crippen molar-refractivity contribution in [2.45, 2.75) is 0 Å². The Morgan fingerprint density at radius 2 is 1.12 bits per heavy atom. The minimum atomic E-state index is -1.54. The van der Waals surface area contributed by atoms with Gasteiger partial charge in [-0.25, -0.2) is 4.98 Å². The van der Waals surface area contributed by atoms with Crippen LogP contribution in [0, 0.1) is 0 Å². The van der Waals surface area contributed by atoms with E-state index in [1.807, 2.05) is 95.6 Å². The van der Waals surface area contributed by atoms with Gasteiger partial charge in [0.05, 0.1) is 11.0 Å². The van der Waals surface area contributed by atoms with E-state index in [4.69, 9.17) is 15.0 Å². The molecule has 0 radical (unpaired) electrons. The summed E-state index contributed by atoms with van der Waals surface area (Å²) in [6, 6.07) is 33.0. The number of hydrogen-bond donors (Lipinski definition) is 2. The molecule has 0 bridgehead atoms. The summed E-state index contributed by atoms with van der Waals surface area (Å²) in [5.41, 5.74) is 4.02. The van der Waals surface area contributed by atoms with Gasteiger partial charge >= 0.3 is 7.12 Å². The largest absolute Gasteiger partial charge is 0.488 e. The average molecular weight is 442 g/mol. The van der Waals surface area contributed by atoms with E-state index in [2.05, 4.69) is 0 Å². The van der Waals surface area contributed by atoms with Crippen molar-refractivity contribution in [1.82, 2.24) is 19.5 Å². The third kappa shape index (κ3) is 3.44. The molecule has 34 heavy (non-hydrogen) atoms. The van der Waals surface area contributed by atoms with Gasteiger partial charge in [0, 0.05) is 21.9 Å². The van der Waals surface area contributed by atoms with Crippen molar-refractivity contribution in [3.63, 3.8) is 0 Å². The lowest BCUT2D eigenvalue weighted by molar-refractivity contribution is 0.426. The Bertz CT molecular complexity index is 1580. The van der Waals surface area contributed by atoms with Gasteiger partial charge in [-0.05, 0) is 17.6 Å². The zero-order valence-electron chi connectivity index (χ0n) is 18.1. The van der Waals surface area contributed by atoms with E-state index in [0.717, 1.165) is 32.9 Å². The molecule has 0 amide bonds. The normalized spacial score (nSPS) is 11.2. The molecule has 6 rings (SSSR count). The molecule has 2 aromatic heterocycles. The van der Waals surface area contributed by atoms with Crippen LogP contribution in [-0.2, 0) is 0 Å². The SMILES string of the molecule is OB(O)c1ccc2c(c1)c1ccccc1n2-c1nc(-c2ccccc2)nc(-c2ccccc2)n1. The first-order chi connectivity index (χ1) is 16.7. The third-order valence-electron chi connectivity index (χ3n) is 5.88. The molecule has 7 heteroatoms. The number of rotatable bonds is 4. The quantitative estimate of drug-likeness (QED) is 0.404. The Morgan fingerprint density at radius 1 is 0.559 bits per heavy atom. The molecule has 0 aliphatic rings. The van der Waals surface area contributed by atoms with E-state index in [0.29, 0.717) is 23.1 Å². The van der Waals surface area contributed by atoms with Gasteiger partial charge in [0.2, 0.25) is 5.95 Å². The number of fused-ring (bicyclic) bond motifs is 3. The highest BCUT2D eigenvalue weighted by molar-refractivity contribution is 6.59. The maximum absolute atomic E-state index is 9.72. The molecule has 0 spiro atoms. The van der Waals surface area contributed by atoms with Crippen LogP contribution in [0.2, 0.25) is 0 Å². The lowest BCUT2D eigenvalue weighted by atomic mass is 9.80. The molecule has 162 valence electrons. The fourth-order valence-electron chi connectivity index (χ4n) is 4.26. The first kappa shape index (κ1) is 20.3. The first-order valence-corrected chi connectivity index (χ1v) is 11.0. The molecule has 2 heterocycles. The second-order valence-electron chi connectivity index (χ2n) is 8.02. The van der Waals surface area contributed by atoms with Gasteiger partial charge < -0.3 is 10.0 Å². The molecule has 0 saturated carbocycles. The number of benzene rings is 4. The van der Waals surface area contributed by atoms with Gasteiger partial charge in [0.1, 0.15) is 0 Å². The second-order valence-corrected chi connectivity index (χ2v) is 8.02. The van der Waals surface area contributed by atoms with Gasteiger partial charge in [-0.3, -0.25) is 4.57 Å². The smallest absolute Gasteiger partial charge is 0.423 e. The Labute approximate surface area is 196 Å². The Hall–Kier alpha value is -4.33. The fourth-order valence-corrected chi connectivity index (χ4v) is 4.26. The van der Waals surface area contributed by atoms with E-state index in [-0.39, 0.29) is 0 Å². The summed E-state index contributed by atoms with van der Waals surface area (Å²) < 4.78 is 2.00. The predicted molar refractivity (Wildman–Crippen MR) is 135 cm³/mol. The number of hydrogen-bond acceptors (Lipinski definition) is 5. The van der Waals surface area contributed by atoms with Gasteiger partial charge in [-0.1, -0.05) is 91.0 Å². The molecule has 6 aromatic rings. The highest BCUT2D eigenvalue weighted by Crippen LogP contribution is 2.31. The molecule has 0 aliphatic carbocycles. The fraction of sp³-hybridized carbons (Fsp3) is 0. The second kappa shape index (κ2) is 8.22. The molecular weight excluding hydrogens is 423 g/mol. The summed E-state index contributed by atoms with van der Waals surface area (Å²) >= 11 is 0. The van der Waals surface area contributed by atoms with Crippen LogP contribution in [0.25, 0.3) is 50.5 Å². The number of para-hydroxylation sites is 1. The highest BCUT2D eigenvalue weighted by Gasteiger charge is 2.19. The van der Waals surface area contributed by atoms with Gasteiger partial charge in [0.15, 0.2) is 11.6 Å². The van der Waals surface area contributed by atoms with Crippen LogP contribution >= 0.6 is 0 Å². The Balaban J connectivity index is 1.68. The first-order valence-electron chi connectivity index (χ1n) is 11.0. The van der Waals surface area contributed by atoms with Crippen LogP contribution in [0.1, 0.15) is 0 Å². The van der Waals surface area contributed by atoms with E-state index in [1.54, 1.807) is 12.1 Å². The van der Waals surface area contributed by atoms with E-state index in [1.165, 1.54) is 0 Å². The molecule has 0 unspecified atom stereocenters. The van der Waals surface area contributed by atoms with Crippen LogP contribution in [-0.4, -0.2) is 36.7 Å². The van der Waals surface area contributed by atoms with Crippen LogP contribution in [0.4, 0.5) is 0 Å². The minimum Gasteiger partial charge on any atom is -0.423 e. The van der Waals surface area contributed by atoms with Crippen molar-refractivity contribution in [2.24, 2.45) is 0 Å². The maximum Gasteiger partial charge on any atom is 0.488 e. The van der Waals surface area contributed by atoms with E-state index >= 15 is 0 Å². The lowest BCUT2D eigenvalue weighted by Gasteiger charge is -2.11. The maximum atomic E-state index is 9.72. The van der Waals surface area contributed by atoms with E-state index in [9.17, 15) is 10.0 Å². The monoisotopic (exact) mass is 442 g/mol. The zero-order valence-corrected chi connectivity index (χ0v) is 18.1. The summed E-state index contributed by atoms with van der Waals surface area (Å²) in [5.74, 6) is 1.66. The summed E-state index contributed by atoms with van der Waals surface area (Å²) in [6.07, 6.45) is 0.